The lowest BCUT2D eigenvalue weighted by atomic mass is 9.92. The maximum Gasteiger partial charge on any atom is 0.338 e. The maximum atomic E-state index is 12.0. The van der Waals surface area contributed by atoms with Crippen molar-refractivity contribution in [2.24, 2.45) is 17.2 Å². The number of aliphatic carboxylic acids is 1. The summed E-state index contributed by atoms with van der Waals surface area (Å²) in [5, 5.41) is 9.23. The predicted molar refractivity (Wildman–Crippen MR) is 81.8 cm³/mol. The van der Waals surface area contributed by atoms with Crippen LogP contribution >= 0.6 is 0 Å². The van der Waals surface area contributed by atoms with Crippen LogP contribution in [0.5, 0.6) is 0 Å². The molecule has 0 bridgehead atoms. The van der Waals surface area contributed by atoms with E-state index in [2.05, 4.69) is 0 Å². The average Bonchev–Trinajstić information content (AvgIpc) is 2.52. The summed E-state index contributed by atoms with van der Waals surface area (Å²) in [6.07, 6.45) is 0.0673. The summed E-state index contributed by atoms with van der Waals surface area (Å²) < 4.78 is 4.99. The van der Waals surface area contributed by atoms with Crippen molar-refractivity contribution in [3.63, 3.8) is 0 Å². The van der Waals surface area contributed by atoms with Gasteiger partial charge < -0.3 is 27.0 Å². The Balaban J connectivity index is 2.62. The quantitative estimate of drug-likeness (QED) is 0.352. The molecule has 0 radical (unpaired) electrons. The van der Waals surface area contributed by atoms with E-state index in [0.29, 0.717) is 5.56 Å². The van der Waals surface area contributed by atoms with E-state index in [1.54, 1.807) is 30.3 Å². The number of carboxylic acid groups (broad SMARTS) is 1. The number of primary amides is 1. The van der Waals surface area contributed by atoms with Crippen LogP contribution < -0.4 is 17.2 Å². The lowest BCUT2D eigenvalue weighted by molar-refractivity contribution is -0.162. The highest BCUT2D eigenvalue weighted by Crippen LogP contribution is 2.16. The Morgan fingerprint density at radius 2 is 1.83 bits per heavy atom. The minimum absolute atomic E-state index is 0.0767. The van der Waals surface area contributed by atoms with Crippen molar-refractivity contribution >= 4 is 17.8 Å². The zero-order valence-corrected chi connectivity index (χ0v) is 12.6. The molecule has 0 spiro atoms. The van der Waals surface area contributed by atoms with E-state index in [9.17, 15) is 19.5 Å². The lowest BCUT2D eigenvalue weighted by Gasteiger charge is -2.23. The number of benzene rings is 1. The van der Waals surface area contributed by atoms with Crippen LogP contribution in [0.2, 0.25) is 0 Å². The van der Waals surface area contributed by atoms with Gasteiger partial charge in [0.05, 0.1) is 6.04 Å². The van der Waals surface area contributed by atoms with Crippen LogP contribution in [0.1, 0.15) is 24.8 Å². The number of amides is 1. The van der Waals surface area contributed by atoms with Gasteiger partial charge in [-0.1, -0.05) is 30.3 Å². The number of hydrogen-bond donors (Lipinski definition) is 4. The second-order valence-corrected chi connectivity index (χ2v) is 5.24. The Kier molecular flexibility index (Phi) is 6.67. The average molecular weight is 323 g/mol. The molecule has 8 heteroatoms. The van der Waals surface area contributed by atoms with Crippen LogP contribution in [0.3, 0.4) is 0 Å². The zero-order chi connectivity index (χ0) is 17.5. The van der Waals surface area contributed by atoms with E-state index in [1.807, 2.05) is 0 Å². The van der Waals surface area contributed by atoms with Crippen molar-refractivity contribution in [1.82, 2.24) is 0 Å². The summed E-state index contributed by atoms with van der Waals surface area (Å²) in [6, 6.07) is 7.89. The number of nitrogens with two attached hydrogens (primary N) is 3. The van der Waals surface area contributed by atoms with Crippen molar-refractivity contribution in [2.75, 3.05) is 0 Å². The van der Waals surface area contributed by atoms with Crippen LogP contribution in [0, 0.1) is 0 Å². The largest absolute Gasteiger partial charge is 0.479 e. The maximum absolute atomic E-state index is 12.0. The summed E-state index contributed by atoms with van der Waals surface area (Å²) in [4.78, 5) is 34.2. The van der Waals surface area contributed by atoms with Gasteiger partial charge in [-0.15, -0.1) is 0 Å². The van der Waals surface area contributed by atoms with Crippen molar-refractivity contribution in [1.29, 1.82) is 0 Å². The summed E-state index contributed by atoms with van der Waals surface area (Å²) in [5.74, 6) is -3.24. The first-order valence-corrected chi connectivity index (χ1v) is 7.05. The molecule has 0 aliphatic heterocycles. The van der Waals surface area contributed by atoms with Crippen LogP contribution in [-0.4, -0.2) is 34.5 Å². The van der Waals surface area contributed by atoms with E-state index in [4.69, 9.17) is 21.9 Å². The molecule has 0 heterocycles. The fourth-order valence-electron chi connectivity index (χ4n) is 1.89. The Morgan fingerprint density at radius 1 is 1.22 bits per heavy atom. The molecular formula is C15H21N3O5. The third-order valence-electron chi connectivity index (χ3n) is 3.41. The van der Waals surface area contributed by atoms with Gasteiger partial charge >= 0.3 is 11.9 Å². The molecule has 1 rings (SSSR count). The molecular weight excluding hydrogens is 302 g/mol. The van der Waals surface area contributed by atoms with Gasteiger partial charge in [0.1, 0.15) is 6.61 Å². The van der Waals surface area contributed by atoms with Gasteiger partial charge in [-0.25, -0.2) is 9.59 Å². The Hall–Kier alpha value is -2.45. The number of carbonyl (C=O) groups excluding carboxylic acids is 2. The molecule has 7 N–H and O–H groups in total. The number of carbonyl (C=O) groups is 3. The van der Waals surface area contributed by atoms with E-state index in [0.717, 1.165) is 0 Å². The zero-order valence-electron chi connectivity index (χ0n) is 12.6. The minimum atomic E-state index is -2.19. The molecule has 0 saturated heterocycles. The monoisotopic (exact) mass is 323 g/mol. The highest BCUT2D eigenvalue weighted by Gasteiger charge is 2.43. The number of esters is 1. The molecule has 1 aromatic carbocycles. The minimum Gasteiger partial charge on any atom is -0.479 e. The van der Waals surface area contributed by atoms with E-state index in [1.165, 1.54) is 0 Å². The van der Waals surface area contributed by atoms with Crippen molar-refractivity contribution in [2.45, 2.75) is 37.5 Å². The molecule has 1 amide bonds. The molecule has 0 fully saturated rings. The Morgan fingerprint density at radius 3 is 2.35 bits per heavy atom. The summed E-state index contributed by atoms with van der Waals surface area (Å²) in [7, 11) is 0. The first kappa shape index (κ1) is 18.6. The van der Waals surface area contributed by atoms with Gasteiger partial charge in [0.25, 0.3) is 0 Å². The predicted octanol–water partition coefficient (Wildman–Crippen LogP) is -0.505. The summed E-state index contributed by atoms with van der Waals surface area (Å²) >= 11 is 0. The highest BCUT2D eigenvalue weighted by atomic mass is 16.5. The van der Waals surface area contributed by atoms with Crippen molar-refractivity contribution in [3.05, 3.63) is 35.9 Å². The van der Waals surface area contributed by atoms with Gasteiger partial charge in [0.15, 0.2) is 0 Å². The molecule has 0 aliphatic rings. The molecule has 0 saturated carbocycles. The Labute approximate surface area is 133 Å². The van der Waals surface area contributed by atoms with Gasteiger partial charge in [-0.3, -0.25) is 4.79 Å². The molecule has 8 nitrogen and oxygen atoms in total. The SMILES string of the molecule is NC(=O)C(N)CCCC(N)(C(=O)O)C(=O)OCc1ccccc1. The van der Waals surface area contributed by atoms with Crippen LogP contribution in [0.25, 0.3) is 0 Å². The van der Waals surface area contributed by atoms with Crippen molar-refractivity contribution in [3.8, 4) is 0 Å². The lowest BCUT2D eigenvalue weighted by Crippen LogP contribution is -2.55. The molecule has 0 aromatic heterocycles. The standard InChI is InChI=1S/C15H21N3O5/c16-11(12(17)19)7-4-8-15(18,13(20)21)14(22)23-9-10-5-2-1-3-6-10/h1-3,5-6,11H,4,7-9,16,18H2,(H2,17,19)(H,20,21). The van der Waals surface area contributed by atoms with Crippen LogP contribution in [0.15, 0.2) is 30.3 Å². The molecule has 2 atom stereocenters. The molecule has 23 heavy (non-hydrogen) atoms. The number of ether oxygens (including phenoxy) is 1. The summed E-state index contributed by atoms with van der Waals surface area (Å²) in [6.45, 7) is -0.0767. The fourth-order valence-corrected chi connectivity index (χ4v) is 1.89. The van der Waals surface area contributed by atoms with Gasteiger partial charge in [-0.2, -0.15) is 0 Å². The Bertz CT molecular complexity index is 563. The second-order valence-electron chi connectivity index (χ2n) is 5.24. The normalized spacial score (nSPS) is 14.5. The van der Waals surface area contributed by atoms with E-state index < -0.39 is 29.4 Å². The topological polar surface area (TPSA) is 159 Å². The van der Waals surface area contributed by atoms with Crippen LogP contribution in [0.4, 0.5) is 0 Å². The molecule has 2 unspecified atom stereocenters. The first-order chi connectivity index (χ1) is 10.8. The third-order valence-corrected chi connectivity index (χ3v) is 3.41. The first-order valence-electron chi connectivity index (χ1n) is 7.05. The number of hydrogen-bond acceptors (Lipinski definition) is 6. The second kappa shape index (κ2) is 8.25. The third kappa shape index (κ3) is 5.35. The van der Waals surface area contributed by atoms with Crippen molar-refractivity contribution < 1.29 is 24.2 Å². The highest BCUT2D eigenvalue weighted by molar-refractivity contribution is 6.03. The number of rotatable bonds is 9. The smallest absolute Gasteiger partial charge is 0.338 e. The van der Waals surface area contributed by atoms with Gasteiger partial charge in [-0.05, 0) is 24.8 Å². The summed E-state index contributed by atoms with van der Waals surface area (Å²) in [5.41, 5.74) is 14.7. The van der Waals surface area contributed by atoms with Gasteiger partial charge in [0, 0.05) is 0 Å². The van der Waals surface area contributed by atoms with Gasteiger partial charge in [0.2, 0.25) is 11.4 Å². The molecule has 126 valence electrons. The molecule has 1 aromatic rings. The van der Waals surface area contributed by atoms with Crippen LogP contribution in [-0.2, 0) is 25.7 Å². The van der Waals surface area contributed by atoms with E-state index in [-0.39, 0.29) is 25.9 Å². The number of carboxylic acids is 1. The van der Waals surface area contributed by atoms with E-state index >= 15 is 0 Å². The fraction of sp³-hybridized carbons (Fsp3) is 0.400. The molecule has 0 aliphatic carbocycles.